The number of hydrogen-bond donors (Lipinski definition) is 5. The van der Waals surface area contributed by atoms with Gasteiger partial charge in [0.25, 0.3) is 5.56 Å². The monoisotopic (exact) mass is 688 g/mol. The molecule has 7 rings (SSSR count). The van der Waals surface area contributed by atoms with E-state index in [9.17, 15) is 27.8 Å². The summed E-state index contributed by atoms with van der Waals surface area (Å²) in [5, 5.41) is 10.3. The molecule has 46 heavy (non-hydrogen) atoms. The Morgan fingerprint density at radius 3 is 2.57 bits per heavy atom. The zero-order valence-corrected chi connectivity index (χ0v) is 25.2. The average Bonchev–Trinajstić information content (AvgIpc) is 3.75. The van der Waals surface area contributed by atoms with Crippen molar-refractivity contribution in [2.24, 2.45) is 5.92 Å². The first kappa shape index (κ1) is 31.1. The smallest absolute Gasteiger partial charge is 0.396 e. The number of phosphoric acid groups is 1. The van der Waals surface area contributed by atoms with Crippen LogP contribution in [0.3, 0.4) is 0 Å². The van der Waals surface area contributed by atoms with Crippen LogP contribution in [0.5, 0.6) is 0 Å². The van der Waals surface area contributed by atoms with Gasteiger partial charge in [0.2, 0.25) is 0 Å². The molecule has 0 aromatic carbocycles. The van der Waals surface area contributed by atoms with Crippen molar-refractivity contribution in [3.05, 3.63) is 35.2 Å². The van der Waals surface area contributed by atoms with E-state index in [0.717, 1.165) is 17.2 Å². The molecule has 248 valence electrons. The number of phosphoric ester groups is 1. The van der Waals surface area contributed by atoms with Crippen LogP contribution in [0.1, 0.15) is 18.3 Å². The van der Waals surface area contributed by atoms with E-state index in [1.54, 1.807) is 0 Å². The minimum Gasteiger partial charge on any atom is -0.396 e. The highest BCUT2D eigenvalue weighted by molar-refractivity contribution is 7.84. The number of ether oxygens (including phenoxy) is 2. The fraction of sp³-hybridized carbons (Fsp3) is 0.545. The Labute approximate surface area is 256 Å². The van der Waals surface area contributed by atoms with E-state index < -0.39 is 92.4 Å². The number of halogens is 1. The second kappa shape index (κ2) is 11.3. The lowest BCUT2D eigenvalue weighted by Gasteiger charge is -2.24. The molecule has 21 nitrogen and oxygen atoms in total. The third kappa shape index (κ3) is 5.36. The summed E-state index contributed by atoms with van der Waals surface area (Å²) < 4.78 is 87.7. The SMILES string of the molecule is Cc1nc2c(ncn2C2OC3COP(=O)(O)OC4C(COS(=O)(=O)NC2C3CO)OC(n2cnc3c(N)ncnc32)C4F)c(=O)[nH]1. The molecule has 4 aromatic heterocycles. The van der Waals surface area contributed by atoms with Crippen LogP contribution in [0, 0.1) is 12.8 Å². The van der Waals surface area contributed by atoms with E-state index >= 15 is 4.39 Å². The molecule has 3 saturated heterocycles. The van der Waals surface area contributed by atoms with E-state index in [1.807, 2.05) is 0 Å². The van der Waals surface area contributed by atoms with Crippen LogP contribution >= 0.6 is 7.82 Å². The number of fused-ring (bicyclic) bond motifs is 5. The maximum absolute atomic E-state index is 15.9. The molecule has 0 aliphatic carbocycles. The summed E-state index contributed by atoms with van der Waals surface area (Å²) in [5.41, 5.74) is 5.42. The third-order valence-electron chi connectivity index (χ3n) is 7.85. The van der Waals surface area contributed by atoms with Crippen molar-refractivity contribution in [1.82, 2.24) is 43.8 Å². The summed E-state index contributed by atoms with van der Waals surface area (Å²) >= 11 is 0. The zero-order chi connectivity index (χ0) is 32.5. The number of aromatic nitrogens is 8. The second-order valence-corrected chi connectivity index (χ2v) is 13.5. The van der Waals surface area contributed by atoms with Gasteiger partial charge in [-0.15, -0.1) is 0 Å². The fourth-order valence-electron chi connectivity index (χ4n) is 5.75. The molecule has 24 heteroatoms. The number of aryl methyl sites for hydroxylation is 1. The van der Waals surface area contributed by atoms with Gasteiger partial charge in [0.05, 0.1) is 44.6 Å². The van der Waals surface area contributed by atoms with Crippen molar-refractivity contribution >= 4 is 46.3 Å². The van der Waals surface area contributed by atoms with Crippen molar-refractivity contribution in [1.29, 1.82) is 0 Å². The molecule has 0 spiro atoms. The molecular weight excluding hydrogens is 662 g/mol. The quantitative estimate of drug-likeness (QED) is 0.150. The highest BCUT2D eigenvalue weighted by Gasteiger charge is 2.53. The molecule has 7 heterocycles. The minimum atomic E-state index is -5.11. The van der Waals surface area contributed by atoms with Crippen LogP contribution < -0.4 is 16.0 Å². The number of anilines is 1. The van der Waals surface area contributed by atoms with Crippen LogP contribution in [0.25, 0.3) is 22.3 Å². The van der Waals surface area contributed by atoms with Gasteiger partial charge in [0.15, 0.2) is 41.3 Å². The lowest BCUT2D eigenvalue weighted by atomic mass is 9.98. The van der Waals surface area contributed by atoms with Gasteiger partial charge in [-0.1, -0.05) is 0 Å². The first-order valence-corrected chi connectivity index (χ1v) is 16.5. The highest BCUT2D eigenvalue weighted by atomic mass is 32.2. The molecule has 3 aliphatic rings. The third-order valence-corrected chi connectivity index (χ3v) is 9.84. The first-order valence-electron chi connectivity index (χ1n) is 13.6. The van der Waals surface area contributed by atoms with Gasteiger partial charge in [-0.25, -0.2) is 33.9 Å². The normalized spacial score (nSPS) is 35.0. The van der Waals surface area contributed by atoms with Gasteiger partial charge >= 0.3 is 18.1 Å². The molecule has 3 aliphatic heterocycles. The van der Waals surface area contributed by atoms with Gasteiger partial charge < -0.3 is 30.2 Å². The number of H-pyrrole nitrogens is 1. The lowest BCUT2D eigenvalue weighted by Crippen LogP contribution is -2.46. The molecule has 3 fully saturated rings. The number of nitrogens with zero attached hydrogens (tertiary/aromatic N) is 7. The summed E-state index contributed by atoms with van der Waals surface area (Å²) in [6, 6.07) is -1.31. The zero-order valence-electron chi connectivity index (χ0n) is 23.5. The second-order valence-electron chi connectivity index (χ2n) is 10.7. The largest absolute Gasteiger partial charge is 0.472 e. The van der Waals surface area contributed by atoms with Crippen molar-refractivity contribution in [3.8, 4) is 0 Å². The predicted octanol–water partition coefficient (Wildman–Crippen LogP) is -1.67. The molecule has 9 unspecified atom stereocenters. The number of hydrogen-bond acceptors (Lipinski definition) is 16. The molecule has 9 atom stereocenters. The molecule has 2 bridgehead atoms. The Balaban J connectivity index is 1.22. The Hall–Kier alpha value is -3.51. The first-order chi connectivity index (χ1) is 21.9. The van der Waals surface area contributed by atoms with E-state index in [-0.39, 0.29) is 34.0 Å². The average molecular weight is 689 g/mol. The van der Waals surface area contributed by atoms with E-state index in [2.05, 4.69) is 34.6 Å². The molecule has 4 aromatic rings. The molecule has 0 amide bonds. The van der Waals surface area contributed by atoms with Crippen LogP contribution in [0.4, 0.5) is 10.2 Å². The van der Waals surface area contributed by atoms with Crippen molar-refractivity contribution in [2.45, 2.75) is 49.9 Å². The Bertz CT molecular complexity index is 2030. The maximum Gasteiger partial charge on any atom is 0.472 e. The molecular formula is C22H26FN10O11PS. The van der Waals surface area contributed by atoms with Crippen molar-refractivity contribution in [3.63, 3.8) is 0 Å². The highest BCUT2D eigenvalue weighted by Crippen LogP contribution is 2.50. The topological polar surface area (TPSA) is 283 Å². The van der Waals surface area contributed by atoms with Crippen LogP contribution in [-0.2, 0) is 37.6 Å². The van der Waals surface area contributed by atoms with Gasteiger partial charge in [-0.05, 0) is 6.92 Å². The summed E-state index contributed by atoms with van der Waals surface area (Å²) in [6.07, 6.45) is -6.29. The Morgan fingerprint density at radius 1 is 1.09 bits per heavy atom. The van der Waals surface area contributed by atoms with Gasteiger partial charge in [-0.3, -0.25) is 27.2 Å². The van der Waals surface area contributed by atoms with E-state index in [0.29, 0.717) is 0 Å². The van der Waals surface area contributed by atoms with Gasteiger partial charge in [0, 0.05) is 5.92 Å². The van der Waals surface area contributed by atoms with E-state index in [1.165, 1.54) is 17.8 Å². The van der Waals surface area contributed by atoms with Gasteiger partial charge in [0.1, 0.15) is 29.9 Å². The molecule has 6 N–H and O–H groups in total. The van der Waals surface area contributed by atoms with E-state index in [4.69, 9.17) is 28.4 Å². The molecule has 0 radical (unpaired) electrons. The summed E-state index contributed by atoms with van der Waals surface area (Å²) in [6.45, 7) is -0.773. The van der Waals surface area contributed by atoms with Crippen molar-refractivity contribution < 1.29 is 50.1 Å². The Kier molecular flexibility index (Phi) is 7.66. The number of rotatable bonds is 3. The number of aromatic amines is 1. The maximum atomic E-state index is 15.9. The number of imidazole rings is 2. The van der Waals surface area contributed by atoms with Crippen LogP contribution in [0.15, 0.2) is 23.8 Å². The number of nitrogens with one attached hydrogen (secondary N) is 2. The van der Waals surface area contributed by atoms with Crippen molar-refractivity contribution in [2.75, 3.05) is 25.6 Å². The number of alkyl halides is 1. The molecule has 0 saturated carbocycles. The fourth-order valence-corrected chi connectivity index (χ4v) is 7.71. The van der Waals surface area contributed by atoms with Gasteiger partial charge in [-0.2, -0.15) is 13.1 Å². The standard InChI is InChI=1S/C22H26FN10O11PS/c1-8-29-19-15(20(35)30-8)28-7-33(19)22-13-9(2-34)10(42-22)3-40-45(36,37)44-16-11(4-41-46(38,39)31-13)43-21(12(16)23)32-6-27-14-17(24)25-5-26-18(14)32/h5-7,9-13,16,21-22,31,34H,2-4H2,1H3,(H,36,37)(H2,24,25,26)(H,29,30,35). The predicted molar refractivity (Wildman–Crippen MR) is 148 cm³/mol. The Morgan fingerprint density at radius 2 is 1.80 bits per heavy atom. The lowest BCUT2D eigenvalue weighted by molar-refractivity contribution is -0.0504. The number of aliphatic hydroxyl groups excluding tert-OH is 1. The van der Waals surface area contributed by atoms with Crippen LogP contribution in [-0.4, -0.2) is 108 Å². The summed E-state index contributed by atoms with van der Waals surface area (Å²) in [5.74, 6) is -0.864. The summed E-state index contributed by atoms with van der Waals surface area (Å²) in [4.78, 5) is 45.8. The number of nitrogen functional groups attached to an aromatic ring is 1. The number of nitrogens with two attached hydrogens (primary N) is 1. The van der Waals surface area contributed by atoms with Crippen LogP contribution in [0.2, 0.25) is 0 Å². The summed E-state index contributed by atoms with van der Waals surface area (Å²) in [7, 11) is -9.85. The number of aliphatic hydroxyl groups is 1. The minimum absolute atomic E-state index is 0.00228.